The number of hydrogen-bond acceptors (Lipinski definition) is 3. The van der Waals surface area contributed by atoms with Crippen LogP contribution in [-0.2, 0) is 0 Å². The maximum absolute atomic E-state index is 12.4. The van der Waals surface area contributed by atoms with E-state index in [1.807, 2.05) is 11.9 Å². The number of alkyl halides is 3. The van der Waals surface area contributed by atoms with Crippen LogP contribution in [0.15, 0.2) is 0 Å². The van der Waals surface area contributed by atoms with Gasteiger partial charge in [0.1, 0.15) is 6.04 Å². The summed E-state index contributed by atoms with van der Waals surface area (Å²) in [5, 5.41) is 5.29. The zero-order chi connectivity index (χ0) is 10.6. The Morgan fingerprint density at radius 2 is 1.86 bits per heavy atom. The Morgan fingerprint density at radius 3 is 2.50 bits per heavy atom. The van der Waals surface area contributed by atoms with Crippen molar-refractivity contribution >= 4 is 0 Å². The van der Waals surface area contributed by atoms with Gasteiger partial charge in [0.15, 0.2) is 0 Å². The van der Waals surface area contributed by atoms with E-state index in [1.165, 1.54) is 0 Å². The molecule has 0 aliphatic carbocycles. The van der Waals surface area contributed by atoms with Crippen LogP contribution in [0.5, 0.6) is 0 Å². The van der Waals surface area contributed by atoms with Gasteiger partial charge in [0.25, 0.3) is 0 Å². The van der Waals surface area contributed by atoms with E-state index < -0.39 is 12.2 Å². The fourth-order valence-corrected chi connectivity index (χ4v) is 1.36. The Balaban J connectivity index is 2.45. The Kier molecular flexibility index (Phi) is 4.15. The summed E-state index contributed by atoms with van der Waals surface area (Å²) in [6, 6.07) is -1.42. The maximum atomic E-state index is 12.4. The Morgan fingerprint density at radius 1 is 1.21 bits per heavy atom. The molecule has 0 aromatic carbocycles. The SMILES string of the molecule is CN1CCNCC(C(F)(F)F)NCC1. The molecule has 14 heavy (non-hydrogen) atoms. The minimum atomic E-state index is -4.16. The lowest BCUT2D eigenvalue weighted by Gasteiger charge is -2.21. The van der Waals surface area contributed by atoms with Crippen LogP contribution in [0.3, 0.4) is 0 Å². The predicted molar refractivity (Wildman–Crippen MR) is 48.2 cm³/mol. The first-order chi connectivity index (χ1) is 6.50. The molecule has 1 atom stereocenters. The van der Waals surface area contributed by atoms with E-state index in [0.717, 1.165) is 6.54 Å². The maximum Gasteiger partial charge on any atom is 0.405 e. The molecule has 0 amide bonds. The molecule has 0 bridgehead atoms. The molecule has 1 rings (SSSR count). The largest absolute Gasteiger partial charge is 0.405 e. The van der Waals surface area contributed by atoms with Gasteiger partial charge in [-0.2, -0.15) is 13.2 Å². The molecule has 0 spiro atoms. The van der Waals surface area contributed by atoms with Crippen molar-refractivity contribution in [1.29, 1.82) is 0 Å². The summed E-state index contributed by atoms with van der Waals surface area (Å²) >= 11 is 0. The zero-order valence-electron chi connectivity index (χ0n) is 8.19. The lowest BCUT2D eigenvalue weighted by molar-refractivity contribution is -0.154. The zero-order valence-corrected chi connectivity index (χ0v) is 8.19. The first kappa shape index (κ1) is 11.7. The number of nitrogens with one attached hydrogen (secondary N) is 2. The molecule has 0 aromatic heterocycles. The van der Waals surface area contributed by atoms with Gasteiger partial charge >= 0.3 is 6.18 Å². The lowest BCUT2D eigenvalue weighted by Crippen LogP contribution is -2.49. The van der Waals surface area contributed by atoms with Crippen LogP contribution in [0, 0.1) is 0 Å². The molecule has 6 heteroatoms. The molecular weight excluding hydrogens is 195 g/mol. The Hall–Kier alpha value is -0.330. The van der Waals surface area contributed by atoms with Crippen molar-refractivity contribution in [2.45, 2.75) is 12.2 Å². The standard InChI is InChI=1S/C8H16F3N3/c1-14-4-2-12-6-7(8(9,10)11)13-3-5-14/h7,12-13H,2-6H2,1H3. The van der Waals surface area contributed by atoms with Crippen molar-refractivity contribution < 1.29 is 13.2 Å². The molecule has 0 aromatic rings. The second-order valence-corrected chi connectivity index (χ2v) is 3.56. The van der Waals surface area contributed by atoms with Crippen molar-refractivity contribution in [1.82, 2.24) is 15.5 Å². The second kappa shape index (κ2) is 4.95. The van der Waals surface area contributed by atoms with Gasteiger partial charge in [0, 0.05) is 32.7 Å². The van der Waals surface area contributed by atoms with E-state index in [1.54, 1.807) is 0 Å². The number of rotatable bonds is 0. The number of hydrogen-bond donors (Lipinski definition) is 2. The molecule has 1 aliphatic rings. The van der Waals surface area contributed by atoms with Crippen molar-refractivity contribution in [3.05, 3.63) is 0 Å². The molecule has 1 unspecified atom stereocenters. The molecule has 84 valence electrons. The van der Waals surface area contributed by atoms with Crippen molar-refractivity contribution in [2.24, 2.45) is 0 Å². The molecule has 0 radical (unpaired) electrons. The van der Waals surface area contributed by atoms with E-state index >= 15 is 0 Å². The predicted octanol–water partition coefficient (Wildman–Crippen LogP) is 0.0419. The molecule has 2 N–H and O–H groups in total. The number of halogens is 3. The van der Waals surface area contributed by atoms with Crippen molar-refractivity contribution in [3.8, 4) is 0 Å². The highest BCUT2D eigenvalue weighted by Crippen LogP contribution is 2.19. The lowest BCUT2D eigenvalue weighted by atomic mass is 10.3. The normalized spacial score (nSPS) is 27.9. The number of likely N-dealkylation sites (N-methyl/N-ethyl adjacent to an activating group) is 1. The molecule has 1 heterocycles. The first-order valence-corrected chi connectivity index (χ1v) is 4.69. The van der Waals surface area contributed by atoms with Gasteiger partial charge in [0.05, 0.1) is 0 Å². The van der Waals surface area contributed by atoms with Crippen LogP contribution < -0.4 is 10.6 Å². The summed E-state index contributed by atoms with van der Waals surface area (Å²) < 4.78 is 37.1. The highest BCUT2D eigenvalue weighted by atomic mass is 19.4. The van der Waals surface area contributed by atoms with E-state index in [9.17, 15) is 13.2 Å². The first-order valence-electron chi connectivity index (χ1n) is 4.69. The van der Waals surface area contributed by atoms with E-state index in [4.69, 9.17) is 0 Å². The fraction of sp³-hybridized carbons (Fsp3) is 1.00. The van der Waals surface area contributed by atoms with E-state index in [0.29, 0.717) is 19.6 Å². The van der Waals surface area contributed by atoms with Gasteiger partial charge in [-0.25, -0.2) is 0 Å². The molecule has 1 saturated heterocycles. The van der Waals surface area contributed by atoms with Crippen LogP contribution in [0.4, 0.5) is 13.2 Å². The summed E-state index contributed by atoms with van der Waals surface area (Å²) in [5.74, 6) is 0. The number of nitrogens with zero attached hydrogens (tertiary/aromatic N) is 1. The van der Waals surface area contributed by atoms with Gasteiger partial charge in [0.2, 0.25) is 0 Å². The van der Waals surface area contributed by atoms with Gasteiger partial charge in [-0.15, -0.1) is 0 Å². The minimum absolute atomic E-state index is 0.0443. The van der Waals surface area contributed by atoms with Crippen LogP contribution in [0.25, 0.3) is 0 Å². The molecular formula is C8H16F3N3. The van der Waals surface area contributed by atoms with E-state index in [-0.39, 0.29) is 6.54 Å². The van der Waals surface area contributed by atoms with Gasteiger partial charge in [-0.3, -0.25) is 0 Å². The van der Waals surface area contributed by atoms with Crippen LogP contribution >= 0.6 is 0 Å². The Labute approximate surface area is 81.6 Å². The van der Waals surface area contributed by atoms with Crippen molar-refractivity contribution in [3.63, 3.8) is 0 Å². The average molecular weight is 211 g/mol. The Bertz CT molecular complexity index is 172. The smallest absolute Gasteiger partial charge is 0.314 e. The molecule has 1 fully saturated rings. The van der Waals surface area contributed by atoms with Crippen LogP contribution in [0.1, 0.15) is 0 Å². The second-order valence-electron chi connectivity index (χ2n) is 3.56. The van der Waals surface area contributed by atoms with Gasteiger partial charge in [-0.1, -0.05) is 0 Å². The summed E-state index contributed by atoms with van der Waals surface area (Å²) in [7, 11) is 1.90. The quantitative estimate of drug-likeness (QED) is 0.592. The average Bonchev–Trinajstić information content (AvgIpc) is 2.15. The third-order valence-corrected chi connectivity index (χ3v) is 2.30. The summed E-state index contributed by atoms with van der Waals surface area (Å²) in [6.45, 7) is 2.37. The molecule has 0 saturated carbocycles. The summed E-state index contributed by atoms with van der Waals surface area (Å²) in [4.78, 5) is 2.00. The third kappa shape index (κ3) is 3.81. The van der Waals surface area contributed by atoms with Crippen molar-refractivity contribution in [2.75, 3.05) is 39.8 Å². The molecule has 1 aliphatic heterocycles. The third-order valence-electron chi connectivity index (χ3n) is 2.30. The van der Waals surface area contributed by atoms with Crippen LogP contribution in [-0.4, -0.2) is 56.9 Å². The van der Waals surface area contributed by atoms with Gasteiger partial charge < -0.3 is 15.5 Å². The highest BCUT2D eigenvalue weighted by molar-refractivity contribution is 4.79. The van der Waals surface area contributed by atoms with Crippen LogP contribution in [0.2, 0.25) is 0 Å². The summed E-state index contributed by atoms with van der Waals surface area (Å²) in [6.07, 6.45) is -4.16. The van der Waals surface area contributed by atoms with E-state index in [2.05, 4.69) is 10.6 Å². The summed E-state index contributed by atoms with van der Waals surface area (Å²) in [5.41, 5.74) is 0. The topological polar surface area (TPSA) is 27.3 Å². The highest BCUT2D eigenvalue weighted by Gasteiger charge is 2.38. The fourth-order valence-electron chi connectivity index (χ4n) is 1.36. The minimum Gasteiger partial charge on any atom is -0.314 e. The molecule has 3 nitrogen and oxygen atoms in total. The monoisotopic (exact) mass is 211 g/mol. The van der Waals surface area contributed by atoms with Gasteiger partial charge in [-0.05, 0) is 7.05 Å².